The van der Waals surface area contributed by atoms with Crippen LogP contribution in [0.25, 0.3) is 0 Å². The van der Waals surface area contributed by atoms with Crippen molar-refractivity contribution in [1.82, 2.24) is 5.32 Å². The van der Waals surface area contributed by atoms with Crippen molar-refractivity contribution >= 4 is 15.9 Å². The number of nitrogens with one attached hydrogen (secondary N) is 1. The Morgan fingerprint density at radius 3 is 2.62 bits per heavy atom. The minimum Gasteiger partial charge on any atom is -0.456 e. The third kappa shape index (κ3) is 4.84. The van der Waals surface area contributed by atoms with Crippen LogP contribution in [0.15, 0.2) is 46.9 Å². The summed E-state index contributed by atoms with van der Waals surface area (Å²) in [5.41, 5.74) is 2.36. The minimum absolute atomic E-state index is 0.724. The van der Waals surface area contributed by atoms with Crippen LogP contribution in [-0.2, 0) is 11.3 Å². The van der Waals surface area contributed by atoms with Gasteiger partial charge in [0.15, 0.2) is 0 Å². The van der Waals surface area contributed by atoms with Crippen molar-refractivity contribution in [2.75, 3.05) is 20.3 Å². The molecule has 0 fully saturated rings. The number of rotatable bonds is 7. The van der Waals surface area contributed by atoms with Gasteiger partial charge in [0, 0.05) is 20.2 Å². The summed E-state index contributed by atoms with van der Waals surface area (Å²) in [6.07, 6.45) is 0. The molecule has 0 aromatic heterocycles. The Hall–Kier alpha value is -1.36. The summed E-state index contributed by atoms with van der Waals surface area (Å²) < 4.78 is 11.9. The molecule has 0 atom stereocenters. The molecule has 1 N–H and O–H groups in total. The molecule has 112 valence electrons. The first-order chi connectivity index (χ1) is 10.2. The molecule has 0 saturated heterocycles. The molecule has 4 heteroatoms. The van der Waals surface area contributed by atoms with Crippen LogP contribution in [0.4, 0.5) is 0 Å². The van der Waals surface area contributed by atoms with Gasteiger partial charge >= 0.3 is 0 Å². The zero-order valence-corrected chi connectivity index (χ0v) is 13.9. The second-order valence-electron chi connectivity index (χ2n) is 4.80. The van der Waals surface area contributed by atoms with E-state index in [0.29, 0.717) is 0 Å². The largest absolute Gasteiger partial charge is 0.456 e. The lowest BCUT2D eigenvalue weighted by atomic mass is 10.1. The number of hydrogen-bond acceptors (Lipinski definition) is 3. The maximum atomic E-state index is 5.95. The number of halogens is 1. The highest BCUT2D eigenvalue weighted by atomic mass is 79.9. The number of aryl methyl sites for hydroxylation is 1. The van der Waals surface area contributed by atoms with E-state index in [1.165, 1.54) is 5.56 Å². The molecule has 0 radical (unpaired) electrons. The Labute approximate surface area is 134 Å². The second-order valence-corrected chi connectivity index (χ2v) is 5.66. The SMILES string of the molecule is COCCNCc1ccc(Oc2ccccc2Br)c(C)c1. The van der Waals surface area contributed by atoms with Gasteiger partial charge in [0.25, 0.3) is 0 Å². The van der Waals surface area contributed by atoms with Crippen LogP contribution in [-0.4, -0.2) is 20.3 Å². The van der Waals surface area contributed by atoms with Gasteiger partial charge < -0.3 is 14.8 Å². The lowest BCUT2D eigenvalue weighted by Gasteiger charge is -2.12. The van der Waals surface area contributed by atoms with Gasteiger partial charge in [0.2, 0.25) is 0 Å². The van der Waals surface area contributed by atoms with E-state index in [1.54, 1.807) is 7.11 Å². The van der Waals surface area contributed by atoms with Crippen LogP contribution in [0.5, 0.6) is 11.5 Å². The fraction of sp³-hybridized carbons (Fsp3) is 0.294. The van der Waals surface area contributed by atoms with Crippen molar-refractivity contribution in [2.24, 2.45) is 0 Å². The van der Waals surface area contributed by atoms with E-state index in [1.807, 2.05) is 30.3 Å². The van der Waals surface area contributed by atoms with E-state index < -0.39 is 0 Å². The predicted molar refractivity (Wildman–Crippen MR) is 89.0 cm³/mol. The fourth-order valence-corrected chi connectivity index (χ4v) is 2.35. The van der Waals surface area contributed by atoms with Gasteiger partial charge in [0.05, 0.1) is 11.1 Å². The van der Waals surface area contributed by atoms with Gasteiger partial charge in [-0.25, -0.2) is 0 Å². The minimum atomic E-state index is 0.724. The van der Waals surface area contributed by atoms with Crippen molar-refractivity contribution in [1.29, 1.82) is 0 Å². The first-order valence-corrected chi connectivity index (χ1v) is 7.71. The van der Waals surface area contributed by atoms with Gasteiger partial charge in [-0.2, -0.15) is 0 Å². The van der Waals surface area contributed by atoms with E-state index in [4.69, 9.17) is 9.47 Å². The maximum absolute atomic E-state index is 5.95. The third-order valence-corrected chi connectivity index (χ3v) is 3.76. The molecule has 2 rings (SSSR count). The number of methoxy groups -OCH3 is 1. The molecule has 2 aromatic rings. The molecular weight excluding hydrogens is 330 g/mol. The van der Waals surface area contributed by atoms with Crippen molar-refractivity contribution < 1.29 is 9.47 Å². The van der Waals surface area contributed by atoms with E-state index >= 15 is 0 Å². The number of hydrogen-bond donors (Lipinski definition) is 1. The van der Waals surface area contributed by atoms with Crippen molar-refractivity contribution in [3.05, 3.63) is 58.1 Å². The van der Waals surface area contributed by atoms with E-state index in [-0.39, 0.29) is 0 Å². The molecule has 3 nitrogen and oxygen atoms in total. The highest BCUT2D eigenvalue weighted by Crippen LogP contribution is 2.31. The highest BCUT2D eigenvalue weighted by molar-refractivity contribution is 9.10. The number of para-hydroxylation sites is 1. The lowest BCUT2D eigenvalue weighted by Crippen LogP contribution is -2.18. The molecule has 21 heavy (non-hydrogen) atoms. The molecule has 0 unspecified atom stereocenters. The second kappa shape index (κ2) is 8.17. The van der Waals surface area contributed by atoms with E-state index in [2.05, 4.69) is 40.3 Å². The molecule has 0 bridgehead atoms. The highest BCUT2D eigenvalue weighted by Gasteiger charge is 2.05. The molecule has 0 spiro atoms. The first-order valence-electron chi connectivity index (χ1n) is 6.92. The lowest BCUT2D eigenvalue weighted by molar-refractivity contribution is 0.199. The zero-order chi connectivity index (χ0) is 15.1. The van der Waals surface area contributed by atoms with Crippen molar-refractivity contribution in [3.63, 3.8) is 0 Å². The topological polar surface area (TPSA) is 30.5 Å². The summed E-state index contributed by atoms with van der Waals surface area (Å²) in [4.78, 5) is 0. The zero-order valence-electron chi connectivity index (χ0n) is 12.4. The molecule has 0 amide bonds. The summed E-state index contributed by atoms with van der Waals surface area (Å²) >= 11 is 3.49. The van der Waals surface area contributed by atoms with Crippen molar-refractivity contribution in [2.45, 2.75) is 13.5 Å². The van der Waals surface area contributed by atoms with Crippen LogP contribution < -0.4 is 10.1 Å². The van der Waals surface area contributed by atoms with Crippen LogP contribution in [0, 0.1) is 6.92 Å². The Morgan fingerprint density at radius 2 is 1.90 bits per heavy atom. The van der Waals surface area contributed by atoms with E-state index in [9.17, 15) is 0 Å². The summed E-state index contributed by atoms with van der Waals surface area (Å²) in [6.45, 7) is 4.47. The summed E-state index contributed by atoms with van der Waals surface area (Å²) in [5.74, 6) is 1.70. The molecule has 0 aliphatic heterocycles. The Morgan fingerprint density at radius 1 is 1.10 bits per heavy atom. The van der Waals surface area contributed by atoms with Gasteiger partial charge in [-0.05, 0) is 52.2 Å². The number of ether oxygens (including phenoxy) is 2. The van der Waals surface area contributed by atoms with Gasteiger partial charge in [-0.3, -0.25) is 0 Å². The molecule has 0 aliphatic carbocycles. The normalized spacial score (nSPS) is 10.6. The monoisotopic (exact) mass is 349 g/mol. The summed E-state index contributed by atoms with van der Waals surface area (Å²) in [7, 11) is 1.71. The predicted octanol–water partition coefficient (Wildman–Crippen LogP) is 4.29. The Kier molecular flexibility index (Phi) is 6.23. The molecular formula is C17H20BrNO2. The van der Waals surface area contributed by atoms with Gasteiger partial charge in [-0.15, -0.1) is 0 Å². The average molecular weight is 350 g/mol. The quantitative estimate of drug-likeness (QED) is 0.756. The molecule has 0 saturated carbocycles. The van der Waals surface area contributed by atoms with E-state index in [0.717, 1.165) is 41.2 Å². The fourth-order valence-electron chi connectivity index (χ4n) is 1.99. The van der Waals surface area contributed by atoms with Crippen LogP contribution in [0.2, 0.25) is 0 Å². The molecule has 2 aromatic carbocycles. The molecule has 0 heterocycles. The smallest absolute Gasteiger partial charge is 0.141 e. The first kappa shape index (κ1) is 16.0. The van der Waals surface area contributed by atoms with Crippen LogP contribution in [0.3, 0.4) is 0 Å². The standard InChI is InChI=1S/C17H20BrNO2/c1-13-11-14(12-19-9-10-20-2)7-8-16(13)21-17-6-4-3-5-15(17)18/h3-8,11,19H,9-10,12H2,1-2H3. The average Bonchev–Trinajstić information content (AvgIpc) is 2.48. The Bertz CT molecular complexity index is 587. The van der Waals surface area contributed by atoms with Crippen LogP contribution >= 0.6 is 15.9 Å². The van der Waals surface area contributed by atoms with Gasteiger partial charge in [0.1, 0.15) is 11.5 Å². The third-order valence-electron chi connectivity index (χ3n) is 3.11. The summed E-state index contributed by atoms with van der Waals surface area (Å²) in [5, 5.41) is 3.33. The van der Waals surface area contributed by atoms with Gasteiger partial charge in [-0.1, -0.05) is 24.3 Å². The summed E-state index contributed by atoms with van der Waals surface area (Å²) in [6, 6.07) is 14.1. The number of benzene rings is 2. The maximum Gasteiger partial charge on any atom is 0.141 e. The molecule has 0 aliphatic rings. The van der Waals surface area contributed by atoms with Crippen LogP contribution in [0.1, 0.15) is 11.1 Å². The Balaban J connectivity index is 2.01. The van der Waals surface area contributed by atoms with Crippen molar-refractivity contribution in [3.8, 4) is 11.5 Å².